The van der Waals surface area contributed by atoms with E-state index in [9.17, 15) is 4.79 Å². The van der Waals surface area contributed by atoms with Gasteiger partial charge in [0.15, 0.2) is 0 Å². The molecule has 0 heterocycles. The van der Waals surface area contributed by atoms with E-state index in [0.717, 1.165) is 6.54 Å². The van der Waals surface area contributed by atoms with Gasteiger partial charge in [-0.25, -0.2) is 0 Å². The summed E-state index contributed by atoms with van der Waals surface area (Å²) in [5, 5.41) is 5.72. The van der Waals surface area contributed by atoms with E-state index in [2.05, 4.69) is 23.8 Å². The van der Waals surface area contributed by atoms with Crippen LogP contribution in [0.2, 0.25) is 0 Å². The fourth-order valence-corrected chi connectivity index (χ4v) is 0.680. The van der Waals surface area contributed by atoms with E-state index >= 15 is 0 Å². The van der Waals surface area contributed by atoms with Crippen LogP contribution in [0.5, 0.6) is 0 Å². The maximum Gasteiger partial charge on any atom is 0.221 e. The van der Waals surface area contributed by atoms with Crippen molar-refractivity contribution >= 4 is 5.91 Å². The second-order valence-electron chi connectivity index (χ2n) is 2.34. The molecule has 0 saturated heterocycles. The maximum absolute atomic E-state index is 10.9. The Morgan fingerprint density at radius 2 is 1.92 bits per heavy atom. The van der Waals surface area contributed by atoms with Gasteiger partial charge in [-0.05, 0) is 0 Å². The minimum Gasteiger partial charge on any atom is -0.353 e. The minimum atomic E-state index is 0.0477. The summed E-state index contributed by atoms with van der Waals surface area (Å²) in [7, 11) is 0. The highest BCUT2D eigenvalue weighted by molar-refractivity contribution is 5.76. The van der Waals surface area contributed by atoms with Crippen LogP contribution in [-0.4, -0.2) is 25.5 Å². The third kappa shape index (κ3) is 7.02. The first-order valence-corrected chi connectivity index (χ1v) is 4.00. The Kier molecular flexibility index (Phi) is 7.28. The average molecular weight is 168 g/mol. The lowest BCUT2D eigenvalue weighted by Crippen LogP contribution is -2.27. The molecule has 0 saturated carbocycles. The zero-order valence-electron chi connectivity index (χ0n) is 7.31. The van der Waals surface area contributed by atoms with Crippen LogP contribution in [0.15, 0.2) is 25.3 Å². The number of carbonyl (C=O) groups is 1. The van der Waals surface area contributed by atoms with Crippen molar-refractivity contribution in [2.75, 3.05) is 19.6 Å². The van der Waals surface area contributed by atoms with Crippen molar-refractivity contribution in [2.24, 2.45) is 0 Å². The normalized spacial score (nSPS) is 9.00. The fourth-order valence-electron chi connectivity index (χ4n) is 0.680. The molecule has 3 heteroatoms. The number of rotatable bonds is 7. The van der Waals surface area contributed by atoms with Gasteiger partial charge in [-0.2, -0.15) is 0 Å². The van der Waals surface area contributed by atoms with Gasteiger partial charge in [-0.3, -0.25) is 4.79 Å². The van der Waals surface area contributed by atoms with Crippen LogP contribution in [0.4, 0.5) is 0 Å². The Balaban J connectivity index is 3.19. The molecule has 2 N–H and O–H groups in total. The molecular weight excluding hydrogens is 152 g/mol. The Bertz CT molecular complexity index is 155. The van der Waals surface area contributed by atoms with Gasteiger partial charge in [0.05, 0.1) is 0 Å². The van der Waals surface area contributed by atoms with E-state index in [1.807, 2.05) is 0 Å². The molecule has 0 aliphatic carbocycles. The molecule has 3 nitrogen and oxygen atoms in total. The largest absolute Gasteiger partial charge is 0.353 e. The summed E-state index contributed by atoms with van der Waals surface area (Å²) < 4.78 is 0. The molecule has 68 valence electrons. The molecule has 12 heavy (non-hydrogen) atoms. The summed E-state index contributed by atoms with van der Waals surface area (Å²) in [5.74, 6) is 0.0477. The molecule has 0 rings (SSSR count). The van der Waals surface area contributed by atoms with Crippen LogP contribution in [0.3, 0.4) is 0 Å². The Morgan fingerprint density at radius 1 is 1.25 bits per heavy atom. The van der Waals surface area contributed by atoms with Crippen LogP contribution in [0.25, 0.3) is 0 Å². The summed E-state index contributed by atoms with van der Waals surface area (Å²) in [6.45, 7) is 9.03. The highest BCUT2D eigenvalue weighted by Gasteiger charge is 1.96. The van der Waals surface area contributed by atoms with E-state index in [0.29, 0.717) is 19.5 Å². The van der Waals surface area contributed by atoms with Crippen LogP contribution in [-0.2, 0) is 4.79 Å². The SMILES string of the molecule is C=CCNCCC(=O)NCC=C. The Hall–Kier alpha value is -1.09. The summed E-state index contributed by atoms with van der Waals surface area (Å²) in [6, 6.07) is 0. The highest BCUT2D eigenvalue weighted by Crippen LogP contribution is 1.76. The van der Waals surface area contributed by atoms with Crippen molar-refractivity contribution in [1.82, 2.24) is 10.6 Å². The van der Waals surface area contributed by atoms with Gasteiger partial charge >= 0.3 is 0 Å². The first-order valence-electron chi connectivity index (χ1n) is 4.00. The monoisotopic (exact) mass is 168 g/mol. The molecule has 0 unspecified atom stereocenters. The second kappa shape index (κ2) is 8.01. The topological polar surface area (TPSA) is 41.1 Å². The first kappa shape index (κ1) is 10.9. The molecular formula is C9H16N2O. The zero-order valence-corrected chi connectivity index (χ0v) is 7.31. The fraction of sp³-hybridized carbons (Fsp3) is 0.444. The van der Waals surface area contributed by atoms with Crippen LogP contribution >= 0.6 is 0 Å². The van der Waals surface area contributed by atoms with Gasteiger partial charge < -0.3 is 10.6 Å². The van der Waals surface area contributed by atoms with E-state index in [-0.39, 0.29) is 5.91 Å². The number of carbonyl (C=O) groups excluding carboxylic acids is 1. The molecule has 0 bridgehead atoms. The van der Waals surface area contributed by atoms with Crippen molar-refractivity contribution in [2.45, 2.75) is 6.42 Å². The second-order valence-corrected chi connectivity index (χ2v) is 2.34. The van der Waals surface area contributed by atoms with Crippen molar-refractivity contribution in [3.8, 4) is 0 Å². The summed E-state index contributed by atoms with van der Waals surface area (Å²) in [6.07, 6.45) is 3.93. The molecule has 0 atom stereocenters. The molecule has 0 spiro atoms. The van der Waals surface area contributed by atoms with Gasteiger partial charge in [0.1, 0.15) is 0 Å². The molecule has 0 aromatic heterocycles. The third-order valence-corrected chi connectivity index (χ3v) is 1.26. The summed E-state index contributed by atoms with van der Waals surface area (Å²) >= 11 is 0. The molecule has 0 aromatic rings. The van der Waals surface area contributed by atoms with Crippen molar-refractivity contribution < 1.29 is 4.79 Å². The molecule has 1 amide bonds. The summed E-state index contributed by atoms with van der Waals surface area (Å²) in [5.41, 5.74) is 0. The van der Waals surface area contributed by atoms with Gasteiger partial charge in [0.25, 0.3) is 0 Å². The Labute approximate surface area is 73.5 Å². The quantitative estimate of drug-likeness (QED) is 0.428. The molecule has 0 aromatic carbocycles. The van der Waals surface area contributed by atoms with E-state index in [1.54, 1.807) is 12.2 Å². The first-order chi connectivity index (χ1) is 5.81. The third-order valence-electron chi connectivity index (χ3n) is 1.26. The van der Waals surface area contributed by atoms with E-state index in [1.165, 1.54) is 0 Å². The van der Waals surface area contributed by atoms with Crippen LogP contribution in [0.1, 0.15) is 6.42 Å². The van der Waals surface area contributed by atoms with Crippen molar-refractivity contribution in [1.29, 1.82) is 0 Å². The smallest absolute Gasteiger partial charge is 0.221 e. The molecule has 0 aliphatic rings. The number of nitrogens with one attached hydrogen (secondary N) is 2. The van der Waals surface area contributed by atoms with Crippen molar-refractivity contribution in [3.63, 3.8) is 0 Å². The van der Waals surface area contributed by atoms with Crippen LogP contribution < -0.4 is 10.6 Å². The zero-order chi connectivity index (χ0) is 9.23. The minimum absolute atomic E-state index is 0.0477. The van der Waals surface area contributed by atoms with E-state index < -0.39 is 0 Å². The van der Waals surface area contributed by atoms with Gasteiger partial charge in [-0.15, -0.1) is 13.2 Å². The Morgan fingerprint density at radius 3 is 2.50 bits per heavy atom. The van der Waals surface area contributed by atoms with Crippen molar-refractivity contribution in [3.05, 3.63) is 25.3 Å². The predicted octanol–water partition coefficient (Wildman–Crippen LogP) is 0.454. The maximum atomic E-state index is 10.9. The molecule has 0 radical (unpaired) electrons. The molecule has 0 fully saturated rings. The highest BCUT2D eigenvalue weighted by atomic mass is 16.1. The lowest BCUT2D eigenvalue weighted by molar-refractivity contribution is -0.120. The number of amides is 1. The van der Waals surface area contributed by atoms with Gasteiger partial charge in [0, 0.05) is 26.1 Å². The van der Waals surface area contributed by atoms with Gasteiger partial charge in [0.2, 0.25) is 5.91 Å². The lowest BCUT2D eigenvalue weighted by Gasteiger charge is -2.01. The van der Waals surface area contributed by atoms with Gasteiger partial charge in [-0.1, -0.05) is 12.2 Å². The number of hydrogen-bond acceptors (Lipinski definition) is 2. The lowest BCUT2D eigenvalue weighted by atomic mass is 10.4. The molecule has 0 aliphatic heterocycles. The predicted molar refractivity (Wildman–Crippen MR) is 50.9 cm³/mol. The summed E-state index contributed by atoms with van der Waals surface area (Å²) in [4.78, 5) is 10.9. The average Bonchev–Trinajstić information content (AvgIpc) is 2.09. The van der Waals surface area contributed by atoms with Crippen LogP contribution in [0, 0.1) is 0 Å². The number of hydrogen-bond donors (Lipinski definition) is 2. The van der Waals surface area contributed by atoms with E-state index in [4.69, 9.17) is 0 Å². The standard InChI is InChI=1S/C9H16N2O/c1-3-6-10-8-5-9(12)11-7-4-2/h3-4,10H,1-2,5-8H2,(H,11,12).